The Balaban J connectivity index is 1.36. The van der Waals surface area contributed by atoms with Gasteiger partial charge >= 0.3 is 0 Å². The highest BCUT2D eigenvalue weighted by Gasteiger charge is 2.10. The van der Waals surface area contributed by atoms with E-state index < -0.39 is 0 Å². The van der Waals surface area contributed by atoms with Crippen molar-refractivity contribution in [1.82, 2.24) is 0 Å². The van der Waals surface area contributed by atoms with Gasteiger partial charge in [-0.25, -0.2) is 0 Å². The third kappa shape index (κ3) is 4.79. The van der Waals surface area contributed by atoms with Gasteiger partial charge < -0.3 is 0 Å². The van der Waals surface area contributed by atoms with Crippen LogP contribution in [0, 0.1) is 0 Å². The van der Waals surface area contributed by atoms with Crippen molar-refractivity contribution in [2.45, 2.75) is 0 Å². The molecule has 0 aliphatic rings. The summed E-state index contributed by atoms with van der Waals surface area (Å²) in [7, 11) is 0. The number of hydrogen-bond donors (Lipinski definition) is 0. The van der Waals surface area contributed by atoms with Crippen molar-refractivity contribution < 1.29 is 0 Å². The molecule has 0 radical (unpaired) electrons. The molecule has 0 spiro atoms. The van der Waals surface area contributed by atoms with Crippen LogP contribution in [0.1, 0.15) is 22.3 Å². The normalized spacial score (nSPS) is 10.6. The van der Waals surface area contributed by atoms with Crippen molar-refractivity contribution in [2.75, 3.05) is 0 Å². The molecule has 0 saturated heterocycles. The predicted molar refractivity (Wildman–Crippen MR) is 152 cm³/mol. The van der Waals surface area contributed by atoms with Crippen LogP contribution in [-0.2, 0) is 0 Å². The standard InChI is InChI=1S/C32H22S2/c33-31(27-18-14-25(15-19-27)23-8-3-1-4-9-23)29-12-7-13-30(22-29)32(34)28-20-16-26(17-21-28)24-10-5-2-6-11-24/h1-22H. The molecule has 0 aliphatic heterocycles. The Morgan fingerprint density at radius 2 is 0.676 bits per heavy atom. The van der Waals surface area contributed by atoms with Crippen molar-refractivity contribution in [3.05, 3.63) is 156 Å². The van der Waals surface area contributed by atoms with E-state index in [1.54, 1.807) is 0 Å². The molecular weight excluding hydrogens is 448 g/mol. The summed E-state index contributed by atoms with van der Waals surface area (Å²) in [6, 6.07) is 45.8. The topological polar surface area (TPSA) is 0 Å². The summed E-state index contributed by atoms with van der Waals surface area (Å²) in [5, 5.41) is 0. The molecular formula is C32H22S2. The van der Waals surface area contributed by atoms with Gasteiger partial charge in [-0.15, -0.1) is 0 Å². The fourth-order valence-electron chi connectivity index (χ4n) is 4.02. The fraction of sp³-hybridized carbons (Fsp3) is 0. The maximum absolute atomic E-state index is 5.84. The minimum Gasteiger partial charge on any atom is -0.0788 e. The van der Waals surface area contributed by atoms with Crippen molar-refractivity contribution in [3.8, 4) is 22.3 Å². The van der Waals surface area contributed by atoms with Crippen LogP contribution >= 0.6 is 24.4 Å². The van der Waals surface area contributed by atoms with Gasteiger partial charge in [0.15, 0.2) is 0 Å². The molecule has 5 aromatic carbocycles. The van der Waals surface area contributed by atoms with Crippen molar-refractivity contribution in [2.24, 2.45) is 0 Å². The maximum atomic E-state index is 5.84. The van der Waals surface area contributed by atoms with E-state index in [1.165, 1.54) is 22.3 Å². The van der Waals surface area contributed by atoms with E-state index in [-0.39, 0.29) is 0 Å². The summed E-state index contributed by atoms with van der Waals surface area (Å²) in [6.45, 7) is 0. The highest BCUT2D eigenvalue weighted by atomic mass is 32.1. The predicted octanol–water partition coefficient (Wildman–Crippen LogP) is 8.55. The van der Waals surface area contributed by atoms with Crippen LogP contribution in [0.3, 0.4) is 0 Å². The van der Waals surface area contributed by atoms with Gasteiger partial charge in [0.05, 0.1) is 9.73 Å². The van der Waals surface area contributed by atoms with E-state index in [9.17, 15) is 0 Å². The maximum Gasteiger partial charge on any atom is 0.0522 e. The first-order chi connectivity index (χ1) is 16.7. The molecule has 0 saturated carbocycles. The van der Waals surface area contributed by atoms with Gasteiger partial charge in [0.25, 0.3) is 0 Å². The smallest absolute Gasteiger partial charge is 0.0522 e. The first-order valence-corrected chi connectivity index (χ1v) is 12.0. The molecule has 0 nitrogen and oxygen atoms in total. The molecule has 2 heteroatoms. The molecule has 0 amide bonds. The lowest BCUT2D eigenvalue weighted by Crippen LogP contribution is -2.04. The first-order valence-electron chi connectivity index (χ1n) is 11.2. The molecule has 0 bridgehead atoms. The monoisotopic (exact) mass is 470 g/mol. The van der Waals surface area contributed by atoms with Crippen molar-refractivity contribution in [1.29, 1.82) is 0 Å². The third-order valence-corrected chi connectivity index (χ3v) is 6.84. The van der Waals surface area contributed by atoms with Gasteiger partial charge in [-0.1, -0.05) is 152 Å². The average Bonchev–Trinajstić information content (AvgIpc) is 2.93. The summed E-state index contributed by atoms with van der Waals surface area (Å²) in [6.07, 6.45) is 0. The third-order valence-electron chi connectivity index (χ3n) is 5.90. The van der Waals surface area contributed by atoms with Gasteiger partial charge in [-0.2, -0.15) is 0 Å². The minimum absolute atomic E-state index is 0.823. The SMILES string of the molecule is S=C(c1ccc(-c2ccccc2)cc1)c1cccc(C(=S)c2ccc(-c3ccccc3)cc2)c1. The lowest BCUT2D eigenvalue weighted by molar-refractivity contribution is 1.57. The number of rotatable bonds is 6. The van der Waals surface area contributed by atoms with Gasteiger partial charge in [0, 0.05) is 0 Å². The van der Waals surface area contributed by atoms with E-state index in [4.69, 9.17) is 24.4 Å². The summed E-state index contributed by atoms with van der Waals surface area (Å²) in [5.74, 6) is 0. The lowest BCUT2D eigenvalue weighted by atomic mass is 9.96. The molecule has 0 N–H and O–H groups in total. The molecule has 34 heavy (non-hydrogen) atoms. The second-order valence-electron chi connectivity index (χ2n) is 8.13. The van der Waals surface area contributed by atoms with Crippen molar-refractivity contribution >= 4 is 34.2 Å². The molecule has 0 aliphatic carbocycles. The molecule has 0 fully saturated rings. The summed E-state index contributed by atoms with van der Waals surface area (Å²) in [4.78, 5) is 1.65. The number of benzene rings is 5. The Labute approximate surface area is 211 Å². The Bertz CT molecular complexity index is 1320. The highest BCUT2D eigenvalue weighted by molar-refractivity contribution is 7.81. The molecule has 0 aromatic heterocycles. The van der Waals surface area contributed by atoms with E-state index in [0.717, 1.165) is 32.0 Å². The van der Waals surface area contributed by atoms with Crippen LogP contribution in [0.2, 0.25) is 0 Å². The van der Waals surface area contributed by atoms with Crippen LogP contribution in [0.4, 0.5) is 0 Å². The number of thiocarbonyl (C=S) groups is 2. The van der Waals surface area contributed by atoms with Crippen LogP contribution in [0.15, 0.2) is 133 Å². The Morgan fingerprint density at radius 1 is 0.324 bits per heavy atom. The zero-order valence-electron chi connectivity index (χ0n) is 18.5. The Kier molecular flexibility index (Phi) is 6.53. The van der Waals surface area contributed by atoms with Gasteiger partial charge in [-0.05, 0) is 50.6 Å². The van der Waals surface area contributed by atoms with Crippen LogP contribution in [0.5, 0.6) is 0 Å². The lowest BCUT2D eigenvalue weighted by Gasteiger charge is -2.10. The van der Waals surface area contributed by atoms with Crippen LogP contribution in [-0.4, -0.2) is 9.73 Å². The van der Waals surface area contributed by atoms with Crippen LogP contribution in [0.25, 0.3) is 22.3 Å². The second kappa shape index (κ2) is 10.0. The average molecular weight is 471 g/mol. The summed E-state index contributed by atoms with van der Waals surface area (Å²) >= 11 is 11.7. The van der Waals surface area contributed by atoms with E-state index in [1.807, 2.05) is 18.2 Å². The van der Waals surface area contributed by atoms with Gasteiger partial charge in [0.2, 0.25) is 0 Å². The first kappa shape index (κ1) is 22.1. The van der Waals surface area contributed by atoms with E-state index in [0.29, 0.717) is 0 Å². The molecule has 162 valence electrons. The minimum atomic E-state index is 0.823. The molecule has 0 heterocycles. The van der Waals surface area contributed by atoms with Gasteiger partial charge in [-0.3, -0.25) is 0 Å². The molecule has 0 unspecified atom stereocenters. The second-order valence-corrected chi connectivity index (χ2v) is 8.94. The largest absolute Gasteiger partial charge is 0.0788 e. The summed E-state index contributed by atoms with van der Waals surface area (Å²) < 4.78 is 0. The van der Waals surface area contributed by atoms with Crippen molar-refractivity contribution in [3.63, 3.8) is 0 Å². The number of hydrogen-bond acceptors (Lipinski definition) is 2. The highest BCUT2D eigenvalue weighted by Crippen LogP contribution is 2.23. The quantitative estimate of drug-likeness (QED) is 0.180. The van der Waals surface area contributed by atoms with Crippen LogP contribution < -0.4 is 0 Å². The Morgan fingerprint density at radius 3 is 1.06 bits per heavy atom. The summed E-state index contributed by atoms with van der Waals surface area (Å²) in [5.41, 5.74) is 8.83. The zero-order valence-corrected chi connectivity index (χ0v) is 20.2. The zero-order chi connectivity index (χ0) is 23.3. The molecule has 5 aromatic rings. The molecule has 5 rings (SSSR count). The van der Waals surface area contributed by atoms with E-state index >= 15 is 0 Å². The van der Waals surface area contributed by atoms with E-state index in [2.05, 4.69) is 115 Å². The Hall–Kier alpha value is -3.72. The fourth-order valence-corrected chi connectivity index (χ4v) is 4.55. The van der Waals surface area contributed by atoms with Gasteiger partial charge in [0.1, 0.15) is 0 Å². The molecule has 0 atom stereocenters.